The largest absolute Gasteiger partial charge is 0.489 e. The molecule has 12 heteroatoms. The van der Waals surface area contributed by atoms with Gasteiger partial charge in [0.05, 0.1) is 22.7 Å². The first kappa shape index (κ1) is 22.6. The van der Waals surface area contributed by atoms with Crippen LogP contribution in [-0.4, -0.2) is 53.6 Å². The predicted octanol–water partition coefficient (Wildman–Crippen LogP) is 3.49. The summed E-state index contributed by atoms with van der Waals surface area (Å²) in [5, 5.41) is 5.61. The van der Waals surface area contributed by atoms with E-state index in [-0.39, 0.29) is 54.0 Å². The highest BCUT2D eigenvalue weighted by molar-refractivity contribution is 7.71. The van der Waals surface area contributed by atoms with Crippen molar-refractivity contribution in [1.82, 2.24) is 20.3 Å². The highest BCUT2D eigenvalue weighted by atomic mass is 31.2. The minimum Gasteiger partial charge on any atom is -0.489 e. The fourth-order valence-corrected chi connectivity index (χ4v) is 6.73. The molecule has 0 unspecified atom stereocenters. The quantitative estimate of drug-likeness (QED) is 0.500. The fraction of sp³-hybridized carbons (Fsp3) is 0.318. The summed E-state index contributed by atoms with van der Waals surface area (Å²) in [7, 11) is -3.39. The Balaban J connectivity index is 1.76. The molecule has 0 atom stereocenters. The van der Waals surface area contributed by atoms with Gasteiger partial charge in [-0.25, -0.2) is 0 Å². The van der Waals surface area contributed by atoms with Crippen LogP contribution in [-0.2, 0) is 10.7 Å². The van der Waals surface area contributed by atoms with E-state index in [1.807, 2.05) is 0 Å². The zero-order chi connectivity index (χ0) is 23.9. The second-order valence-electron chi connectivity index (χ2n) is 7.95. The van der Waals surface area contributed by atoms with E-state index in [1.165, 1.54) is 6.20 Å². The molecule has 8 nitrogen and oxygen atoms in total. The van der Waals surface area contributed by atoms with Crippen LogP contribution in [0.5, 0.6) is 11.8 Å². The Bertz CT molecular complexity index is 1320. The van der Waals surface area contributed by atoms with Crippen LogP contribution in [0.25, 0.3) is 16.6 Å². The van der Waals surface area contributed by atoms with Gasteiger partial charge in [0.1, 0.15) is 37.4 Å². The molecule has 0 saturated carbocycles. The second-order valence-corrected chi connectivity index (χ2v) is 11.0. The van der Waals surface area contributed by atoms with Gasteiger partial charge in [0.15, 0.2) is 0 Å². The summed E-state index contributed by atoms with van der Waals surface area (Å²) in [6.45, 7) is 4.95. The van der Waals surface area contributed by atoms with Crippen LogP contribution in [0.15, 0.2) is 37.0 Å². The zero-order valence-corrected chi connectivity index (χ0v) is 18.9. The molecule has 2 aromatic heterocycles. The molecule has 2 bridgehead atoms. The number of anilines is 1. The van der Waals surface area contributed by atoms with Crippen LogP contribution in [0.3, 0.4) is 0 Å². The standard InChI is InChI=1S/C22H21F3N5O3P/c1-13-14-4-2-3-5-16(14)32-8-9-33-21-29-15-12-27-20(34(31)10-6-26-7-11-34)18(22(23,24)25)17(15)19(28-13)30-21/h2-5,12,26H,1,6-11H2,(H,28,29,30). The Kier molecular flexibility index (Phi) is 5.69. The molecule has 0 spiro atoms. The first-order valence-corrected chi connectivity index (χ1v) is 12.7. The Hall–Kier alpha value is -3.17. The normalized spacial score (nSPS) is 18.1. The lowest BCUT2D eigenvalue weighted by Crippen LogP contribution is -2.35. The number of alkyl halides is 3. The molecular weight excluding hydrogens is 470 g/mol. The van der Waals surface area contributed by atoms with Crippen molar-refractivity contribution in [2.75, 3.05) is 43.9 Å². The maximum Gasteiger partial charge on any atom is 0.419 e. The van der Waals surface area contributed by atoms with Crippen LogP contribution in [0.1, 0.15) is 11.1 Å². The molecule has 0 amide bonds. The average Bonchev–Trinajstić information content (AvgIpc) is 2.83. The minimum absolute atomic E-state index is 0.0750. The van der Waals surface area contributed by atoms with E-state index >= 15 is 0 Å². The number of halogens is 3. The van der Waals surface area contributed by atoms with Crippen molar-refractivity contribution in [3.05, 3.63) is 48.2 Å². The molecule has 2 aliphatic rings. The van der Waals surface area contributed by atoms with Gasteiger partial charge in [-0.1, -0.05) is 18.7 Å². The van der Waals surface area contributed by atoms with Gasteiger partial charge in [0.25, 0.3) is 0 Å². The third-order valence-corrected chi connectivity index (χ3v) is 8.72. The van der Waals surface area contributed by atoms with Crippen LogP contribution in [0, 0.1) is 0 Å². The first-order valence-electron chi connectivity index (χ1n) is 10.6. The Morgan fingerprint density at radius 2 is 1.79 bits per heavy atom. The average molecular weight is 491 g/mol. The Morgan fingerprint density at radius 1 is 1.06 bits per heavy atom. The van der Waals surface area contributed by atoms with Gasteiger partial charge in [0, 0.05) is 36.7 Å². The molecule has 5 rings (SSSR count). The molecule has 1 saturated heterocycles. The summed E-state index contributed by atoms with van der Waals surface area (Å²) in [5.41, 5.74) is -0.758. The number of hydrogen-bond donors (Lipinski definition) is 2. The molecule has 4 heterocycles. The van der Waals surface area contributed by atoms with E-state index in [0.29, 0.717) is 24.4 Å². The summed E-state index contributed by atoms with van der Waals surface area (Å²) < 4.78 is 68.5. The molecule has 1 aromatic carbocycles. The lowest BCUT2D eigenvalue weighted by molar-refractivity contribution is -0.135. The number of fused-ring (bicyclic) bond motifs is 5. The molecule has 2 N–H and O–H groups in total. The number of aromatic nitrogens is 3. The molecule has 3 aromatic rings. The summed E-state index contributed by atoms with van der Waals surface area (Å²) >= 11 is 0. The highest BCUT2D eigenvalue weighted by Gasteiger charge is 2.44. The van der Waals surface area contributed by atoms with Gasteiger partial charge >= 0.3 is 12.2 Å². The summed E-state index contributed by atoms with van der Waals surface area (Å²) in [6, 6.07) is 6.87. The monoisotopic (exact) mass is 491 g/mol. The van der Waals surface area contributed by atoms with Crippen molar-refractivity contribution in [3.8, 4) is 11.8 Å². The third-order valence-electron chi connectivity index (χ3n) is 5.72. The number of nitrogens with zero attached hydrogens (tertiary/aromatic N) is 3. The van der Waals surface area contributed by atoms with Crippen molar-refractivity contribution >= 4 is 35.0 Å². The van der Waals surface area contributed by atoms with E-state index in [9.17, 15) is 17.7 Å². The smallest absolute Gasteiger partial charge is 0.419 e. The van der Waals surface area contributed by atoms with Crippen molar-refractivity contribution in [1.29, 1.82) is 0 Å². The predicted molar refractivity (Wildman–Crippen MR) is 122 cm³/mol. The van der Waals surface area contributed by atoms with E-state index in [0.717, 1.165) is 0 Å². The van der Waals surface area contributed by atoms with Crippen LogP contribution >= 0.6 is 7.14 Å². The van der Waals surface area contributed by atoms with E-state index in [2.05, 4.69) is 32.2 Å². The molecule has 178 valence electrons. The number of rotatable bonds is 1. The van der Waals surface area contributed by atoms with Gasteiger partial charge in [-0.2, -0.15) is 23.1 Å². The maximum absolute atomic E-state index is 14.5. The number of ether oxygens (including phenoxy) is 2. The summed E-state index contributed by atoms with van der Waals surface area (Å²) in [6.07, 6.45) is -3.45. The van der Waals surface area contributed by atoms with Gasteiger partial charge in [-0.15, -0.1) is 0 Å². The molecular formula is C22H21F3N5O3P. The van der Waals surface area contributed by atoms with Gasteiger partial charge in [-0.05, 0) is 12.1 Å². The third kappa shape index (κ3) is 4.10. The van der Waals surface area contributed by atoms with E-state index in [1.54, 1.807) is 24.3 Å². The van der Waals surface area contributed by atoms with Gasteiger partial charge in [0.2, 0.25) is 0 Å². The lowest BCUT2D eigenvalue weighted by atomic mass is 10.1. The molecule has 2 aliphatic heterocycles. The fourth-order valence-electron chi connectivity index (χ4n) is 4.13. The molecule has 0 radical (unpaired) electrons. The summed E-state index contributed by atoms with van der Waals surface area (Å²) in [4.78, 5) is 12.4. The zero-order valence-electron chi connectivity index (χ0n) is 18.0. The second kappa shape index (κ2) is 8.56. The highest BCUT2D eigenvalue weighted by Crippen LogP contribution is 2.49. The van der Waals surface area contributed by atoms with Crippen molar-refractivity contribution in [2.45, 2.75) is 6.18 Å². The lowest BCUT2D eigenvalue weighted by Gasteiger charge is -2.26. The number of benzene rings is 1. The maximum atomic E-state index is 14.5. The van der Waals surface area contributed by atoms with Crippen molar-refractivity contribution in [3.63, 3.8) is 0 Å². The SMILES string of the molecule is C=C1Nc2nc(nc3cnc(P4(=O)CCNCC4)c(C(F)(F)F)c23)OCCOc2ccccc21. The molecule has 0 aliphatic carbocycles. The number of para-hydroxylation sites is 1. The summed E-state index contributed by atoms with van der Waals surface area (Å²) in [5.74, 6) is 0.341. The minimum atomic E-state index is -4.84. The van der Waals surface area contributed by atoms with Crippen LogP contribution in [0.2, 0.25) is 0 Å². The number of pyridine rings is 1. The molecule has 34 heavy (non-hydrogen) atoms. The Labute approximate surface area is 193 Å². The van der Waals surface area contributed by atoms with Crippen molar-refractivity contribution in [2.24, 2.45) is 0 Å². The van der Waals surface area contributed by atoms with Crippen LogP contribution < -0.4 is 25.5 Å². The van der Waals surface area contributed by atoms with Crippen LogP contribution in [0.4, 0.5) is 19.0 Å². The number of nitrogens with one attached hydrogen (secondary N) is 2. The number of hydrogen-bond acceptors (Lipinski definition) is 8. The topological polar surface area (TPSA) is 98.3 Å². The van der Waals surface area contributed by atoms with Gasteiger partial charge < -0.3 is 24.7 Å². The van der Waals surface area contributed by atoms with Crippen molar-refractivity contribution < 1.29 is 27.2 Å². The Morgan fingerprint density at radius 3 is 2.56 bits per heavy atom. The molecule has 1 fully saturated rings. The van der Waals surface area contributed by atoms with E-state index < -0.39 is 24.3 Å². The van der Waals surface area contributed by atoms with E-state index in [4.69, 9.17) is 9.47 Å². The van der Waals surface area contributed by atoms with Gasteiger partial charge in [-0.3, -0.25) is 4.98 Å². The first-order chi connectivity index (χ1) is 16.3.